The number of hydrogen-bond acceptors (Lipinski definition) is 2. The van der Waals surface area contributed by atoms with Crippen molar-refractivity contribution in [2.45, 2.75) is 25.3 Å². The Labute approximate surface area is 411 Å². The molecular formula is C68H52N2. The van der Waals surface area contributed by atoms with Gasteiger partial charge in [-0.2, -0.15) is 0 Å². The molecule has 334 valence electrons. The molecule has 0 heterocycles. The minimum absolute atomic E-state index is 0.233. The van der Waals surface area contributed by atoms with E-state index in [4.69, 9.17) is 0 Å². The SMILES string of the molecule is C1=Cc2ccc(N(c3ccccc3)c3ccc(-c4ccc(-c5ccc(-c6ccc(-c7ccc(-c8ccc(N(c9ccccc9)C9C=c%10ccccc%10=CC9)cc8)cc7)cc6)cc5)cc4)cc3)cc2CC1. The van der Waals surface area contributed by atoms with Crippen LogP contribution in [0, 0.1) is 0 Å². The van der Waals surface area contributed by atoms with Gasteiger partial charge in [-0.05, 0) is 157 Å². The lowest BCUT2D eigenvalue weighted by Gasteiger charge is -2.33. The number of benzene rings is 10. The highest BCUT2D eigenvalue weighted by molar-refractivity contribution is 5.81. The lowest BCUT2D eigenvalue weighted by Crippen LogP contribution is -2.37. The summed E-state index contributed by atoms with van der Waals surface area (Å²) in [5.74, 6) is 0. The summed E-state index contributed by atoms with van der Waals surface area (Å²) < 4.78 is 0. The maximum Gasteiger partial charge on any atom is 0.0566 e. The molecule has 0 saturated heterocycles. The quantitative estimate of drug-likeness (QED) is 0.128. The van der Waals surface area contributed by atoms with Gasteiger partial charge in [0.1, 0.15) is 0 Å². The molecule has 0 aromatic heterocycles. The minimum atomic E-state index is 0.233. The number of anilines is 5. The van der Waals surface area contributed by atoms with E-state index in [1.165, 1.54) is 94.3 Å². The summed E-state index contributed by atoms with van der Waals surface area (Å²) in [5.41, 5.74) is 20.7. The Kier molecular flexibility index (Phi) is 11.6. The summed E-state index contributed by atoms with van der Waals surface area (Å²) in [6.07, 6.45) is 12.4. The van der Waals surface area contributed by atoms with Crippen molar-refractivity contribution < 1.29 is 0 Å². The Hall–Kier alpha value is -8.72. The van der Waals surface area contributed by atoms with Crippen molar-refractivity contribution in [2.24, 2.45) is 0 Å². The fourth-order valence-electron chi connectivity index (χ4n) is 10.3. The second-order valence-electron chi connectivity index (χ2n) is 18.4. The average Bonchev–Trinajstić information content (AvgIpc) is 3.44. The monoisotopic (exact) mass is 896 g/mol. The van der Waals surface area contributed by atoms with Crippen LogP contribution < -0.4 is 20.2 Å². The van der Waals surface area contributed by atoms with Gasteiger partial charge in [0, 0.05) is 28.4 Å². The van der Waals surface area contributed by atoms with Crippen LogP contribution in [0.25, 0.3) is 73.9 Å². The van der Waals surface area contributed by atoms with Crippen molar-refractivity contribution >= 4 is 46.7 Å². The number of rotatable bonds is 11. The summed E-state index contributed by atoms with van der Waals surface area (Å²) >= 11 is 0. The molecule has 2 nitrogen and oxygen atoms in total. The molecule has 12 rings (SSSR count). The molecule has 0 N–H and O–H groups in total. The van der Waals surface area contributed by atoms with E-state index in [0.29, 0.717) is 0 Å². The Morgan fingerprint density at radius 1 is 0.329 bits per heavy atom. The van der Waals surface area contributed by atoms with E-state index in [0.717, 1.165) is 30.6 Å². The summed E-state index contributed by atoms with van der Waals surface area (Å²) in [4.78, 5) is 4.82. The van der Waals surface area contributed by atoms with Gasteiger partial charge in [-0.15, -0.1) is 0 Å². The first-order valence-electron chi connectivity index (χ1n) is 24.6. The number of allylic oxidation sites excluding steroid dienone is 1. The van der Waals surface area contributed by atoms with Gasteiger partial charge >= 0.3 is 0 Å². The molecule has 10 aromatic rings. The average molecular weight is 897 g/mol. The van der Waals surface area contributed by atoms with E-state index < -0.39 is 0 Å². The minimum Gasteiger partial charge on any atom is -0.334 e. The summed E-state index contributed by atoms with van der Waals surface area (Å²) in [5, 5.41) is 2.61. The van der Waals surface area contributed by atoms with Crippen LogP contribution in [0.15, 0.2) is 255 Å². The van der Waals surface area contributed by atoms with Crippen molar-refractivity contribution in [3.8, 4) is 55.6 Å². The zero-order chi connectivity index (χ0) is 46.6. The van der Waals surface area contributed by atoms with Crippen LogP contribution in [-0.4, -0.2) is 6.04 Å². The van der Waals surface area contributed by atoms with Crippen LogP contribution in [0.5, 0.6) is 0 Å². The normalized spacial score (nSPS) is 13.6. The molecule has 2 aliphatic carbocycles. The van der Waals surface area contributed by atoms with E-state index in [1.54, 1.807) is 0 Å². The number of fused-ring (bicyclic) bond motifs is 2. The smallest absolute Gasteiger partial charge is 0.0566 e. The predicted molar refractivity (Wildman–Crippen MR) is 297 cm³/mol. The lowest BCUT2D eigenvalue weighted by molar-refractivity contribution is 0.837. The Bertz CT molecular complexity index is 3560. The molecule has 0 bridgehead atoms. The first-order valence-corrected chi connectivity index (χ1v) is 24.6. The largest absolute Gasteiger partial charge is 0.334 e. The number of hydrogen-bond donors (Lipinski definition) is 0. The molecule has 2 heteroatoms. The van der Waals surface area contributed by atoms with Crippen molar-refractivity contribution in [1.82, 2.24) is 0 Å². The summed E-state index contributed by atoms with van der Waals surface area (Å²) in [6, 6.07) is 91.0. The van der Waals surface area contributed by atoms with Gasteiger partial charge < -0.3 is 9.80 Å². The van der Waals surface area contributed by atoms with Crippen molar-refractivity contribution in [3.05, 3.63) is 276 Å². The van der Waals surface area contributed by atoms with Crippen molar-refractivity contribution in [1.29, 1.82) is 0 Å². The zero-order valence-corrected chi connectivity index (χ0v) is 39.1. The topological polar surface area (TPSA) is 6.48 Å². The summed E-state index contributed by atoms with van der Waals surface area (Å²) in [6.45, 7) is 0. The maximum atomic E-state index is 2.46. The van der Waals surface area contributed by atoms with Gasteiger partial charge in [0.15, 0.2) is 0 Å². The highest BCUT2D eigenvalue weighted by Crippen LogP contribution is 2.39. The molecule has 70 heavy (non-hydrogen) atoms. The third-order valence-corrected chi connectivity index (χ3v) is 14.1. The molecule has 0 radical (unpaired) electrons. The Morgan fingerprint density at radius 2 is 0.700 bits per heavy atom. The van der Waals surface area contributed by atoms with Crippen LogP contribution in [0.4, 0.5) is 28.4 Å². The molecular weight excluding hydrogens is 845 g/mol. The Balaban J connectivity index is 0.704. The molecule has 1 unspecified atom stereocenters. The van der Waals surface area contributed by atoms with Crippen LogP contribution >= 0.6 is 0 Å². The van der Waals surface area contributed by atoms with Gasteiger partial charge in [-0.3, -0.25) is 0 Å². The second kappa shape index (κ2) is 19.1. The van der Waals surface area contributed by atoms with Crippen LogP contribution in [-0.2, 0) is 6.42 Å². The number of aryl methyl sites for hydroxylation is 1. The van der Waals surface area contributed by atoms with Crippen molar-refractivity contribution in [2.75, 3.05) is 9.80 Å². The van der Waals surface area contributed by atoms with Gasteiger partial charge in [-0.25, -0.2) is 0 Å². The fourth-order valence-corrected chi connectivity index (χ4v) is 10.3. The van der Waals surface area contributed by atoms with Crippen LogP contribution in [0.1, 0.15) is 24.0 Å². The number of para-hydroxylation sites is 2. The lowest BCUT2D eigenvalue weighted by atomic mass is 9.96. The van der Waals surface area contributed by atoms with Gasteiger partial charge in [0.05, 0.1) is 6.04 Å². The standard InChI is InChI=1S/C68H52N2/c1-3-15-63(16-4-1)69(67-45-39-49-11-7-9-13-61(49)47-67)65-41-35-59(36-42-65)57-31-27-55(28-32-57)53-23-19-51(20-24-53)52-21-25-54(26-22-52)56-29-33-58(34-30-56)60-37-43-66(44-38-60)70(64-17-5-2-6-18-64)68-46-40-50-12-8-10-14-62(50)48-68/h1-9,11-13,15-44,46-48,67H,10,14,45H2. The van der Waals surface area contributed by atoms with E-state index in [2.05, 4.69) is 283 Å². The van der Waals surface area contributed by atoms with Crippen LogP contribution in [0.2, 0.25) is 0 Å². The number of nitrogens with zero attached hydrogens (tertiary/aromatic N) is 2. The van der Waals surface area contributed by atoms with E-state index in [1.807, 2.05) is 0 Å². The predicted octanol–water partition coefficient (Wildman–Crippen LogP) is 16.6. The molecule has 2 aliphatic rings. The van der Waals surface area contributed by atoms with E-state index in [9.17, 15) is 0 Å². The van der Waals surface area contributed by atoms with Gasteiger partial charge in [0.25, 0.3) is 0 Å². The molecule has 0 spiro atoms. The molecule has 0 saturated carbocycles. The van der Waals surface area contributed by atoms with Gasteiger partial charge in [0.2, 0.25) is 0 Å². The van der Waals surface area contributed by atoms with Gasteiger partial charge in [-0.1, -0.05) is 212 Å². The van der Waals surface area contributed by atoms with Crippen LogP contribution in [0.3, 0.4) is 0 Å². The third kappa shape index (κ3) is 8.80. The first-order chi connectivity index (χ1) is 34.7. The van der Waals surface area contributed by atoms with E-state index in [-0.39, 0.29) is 6.04 Å². The molecule has 0 fully saturated rings. The molecule has 1 atom stereocenters. The molecule has 0 aliphatic heterocycles. The molecule has 10 aromatic carbocycles. The fraction of sp³-hybridized carbons (Fsp3) is 0.0588. The highest BCUT2D eigenvalue weighted by atomic mass is 15.2. The second-order valence-corrected chi connectivity index (χ2v) is 18.4. The third-order valence-electron chi connectivity index (χ3n) is 14.1. The zero-order valence-electron chi connectivity index (χ0n) is 39.1. The highest BCUT2D eigenvalue weighted by Gasteiger charge is 2.20. The maximum absolute atomic E-state index is 2.46. The first kappa shape index (κ1) is 42.6. The van der Waals surface area contributed by atoms with E-state index >= 15 is 0 Å². The Morgan fingerprint density at radius 3 is 1.19 bits per heavy atom. The molecule has 0 amide bonds. The summed E-state index contributed by atoms with van der Waals surface area (Å²) in [7, 11) is 0. The van der Waals surface area contributed by atoms with Crippen molar-refractivity contribution in [3.63, 3.8) is 0 Å².